The number of benzene rings is 3. The Labute approximate surface area is 211 Å². The third-order valence-corrected chi connectivity index (χ3v) is 6.81. The number of amides is 1. The lowest BCUT2D eigenvalue weighted by molar-refractivity contribution is 0.0766. The van der Waals surface area contributed by atoms with Crippen LogP contribution in [-0.2, 0) is 0 Å². The number of hydrogen-bond acceptors (Lipinski definition) is 5. The van der Waals surface area contributed by atoms with Gasteiger partial charge >= 0.3 is 0 Å². The summed E-state index contributed by atoms with van der Waals surface area (Å²) in [5, 5.41) is 10.5. The Morgan fingerprint density at radius 2 is 1.72 bits per heavy atom. The topological polar surface area (TPSA) is 66.6 Å². The molecule has 7 nitrogen and oxygen atoms in total. The van der Waals surface area contributed by atoms with Gasteiger partial charge in [0.2, 0.25) is 5.95 Å². The SMILES string of the molecule is O=C(c1cccc(F)c1)N1CCCN(c2nc3ccccc3c3nnc(-c4ccccc4Cl)n23)CC1. The predicted molar refractivity (Wildman–Crippen MR) is 138 cm³/mol. The van der Waals surface area contributed by atoms with E-state index >= 15 is 0 Å². The summed E-state index contributed by atoms with van der Waals surface area (Å²) < 4.78 is 15.7. The van der Waals surface area contributed by atoms with Gasteiger partial charge in [-0.05, 0) is 48.9 Å². The molecule has 36 heavy (non-hydrogen) atoms. The molecule has 0 atom stereocenters. The van der Waals surface area contributed by atoms with Crippen molar-refractivity contribution in [1.82, 2.24) is 24.5 Å². The van der Waals surface area contributed by atoms with Crippen LogP contribution >= 0.6 is 11.6 Å². The predicted octanol–water partition coefficient (Wildman–Crippen LogP) is 5.09. The van der Waals surface area contributed by atoms with Crippen LogP contribution in [0.2, 0.25) is 5.02 Å². The number of hydrogen-bond donors (Lipinski definition) is 0. The van der Waals surface area contributed by atoms with Crippen LogP contribution in [0.15, 0.2) is 72.8 Å². The van der Waals surface area contributed by atoms with Gasteiger partial charge in [0.1, 0.15) is 5.82 Å². The van der Waals surface area contributed by atoms with Gasteiger partial charge in [-0.15, -0.1) is 10.2 Å². The van der Waals surface area contributed by atoms with Gasteiger partial charge in [-0.1, -0.05) is 41.9 Å². The van der Waals surface area contributed by atoms with Crippen LogP contribution in [0.4, 0.5) is 10.3 Å². The van der Waals surface area contributed by atoms with Crippen LogP contribution in [0, 0.1) is 5.82 Å². The molecule has 1 amide bonds. The van der Waals surface area contributed by atoms with E-state index in [1.165, 1.54) is 12.1 Å². The number of aromatic nitrogens is 4. The second-order valence-electron chi connectivity index (χ2n) is 8.73. The first-order valence-electron chi connectivity index (χ1n) is 11.8. The van der Waals surface area contributed by atoms with Crippen LogP contribution in [0.3, 0.4) is 0 Å². The molecule has 0 spiro atoms. The standard InChI is InChI=1S/C27H22ClFN6O/c28-22-11-3-1-9-20(22)24-31-32-25-21-10-2-4-12-23(21)30-27(35(24)25)34-14-6-13-33(15-16-34)26(36)18-7-5-8-19(29)17-18/h1-5,7-12,17H,6,13-16H2. The monoisotopic (exact) mass is 500 g/mol. The second-order valence-corrected chi connectivity index (χ2v) is 9.14. The molecule has 0 bridgehead atoms. The third-order valence-electron chi connectivity index (χ3n) is 6.48. The van der Waals surface area contributed by atoms with Crippen molar-refractivity contribution in [1.29, 1.82) is 0 Å². The van der Waals surface area contributed by atoms with E-state index < -0.39 is 5.82 Å². The van der Waals surface area contributed by atoms with E-state index in [-0.39, 0.29) is 5.91 Å². The van der Waals surface area contributed by atoms with E-state index in [4.69, 9.17) is 16.6 Å². The van der Waals surface area contributed by atoms with Gasteiger partial charge in [0, 0.05) is 42.7 Å². The van der Waals surface area contributed by atoms with E-state index in [0.717, 1.165) is 22.9 Å². The molecule has 0 saturated carbocycles. The van der Waals surface area contributed by atoms with Crippen molar-refractivity contribution in [3.8, 4) is 11.4 Å². The van der Waals surface area contributed by atoms with Gasteiger partial charge < -0.3 is 9.80 Å². The molecule has 2 aromatic heterocycles. The Morgan fingerprint density at radius 1 is 0.889 bits per heavy atom. The van der Waals surface area contributed by atoms with Gasteiger partial charge in [-0.2, -0.15) is 0 Å². The van der Waals surface area contributed by atoms with Crippen molar-refractivity contribution in [2.75, 3.05) is 31.1 Å². The molecular weight excluding hydrogens is 479 g/mol. The second kappa shape index (κ2) is 9.20. The van der Waals surface area contributed by atoms with Gasteiger partial charge in [0.05, 0.1) is 10.5 Å². The van der Waals surface area contributed by atoms with Crippen molar-refractivity contribution in [3.05, 3.63) is 89.2 Å². The number of halogens is 2. The lowest BCUT2D eigenvalue weighted by Gasteiger charge is -2.24. The summed E-state index contributed by atoms with van der Waals surface area (Å²) in [6, 6.07) is 21.2. The quantitative estimate of drug-likeness (QED) is 0.345. The molecule has 3 aromatic carbocycles. The van der Waals surface area contributed by atoms with Crippen molar-refractivity contribution < 1.29 is 9.18 Å². The summed E-state index contributed by atoms with van der Waals surface area (Å²) in [4.78, 5) is 22.0. The van der Waals surface area contributed by atoms with Crippen LogP contribution < -0.4 is 4.90 Å². The molecule has 5 aromatic rings. The zero-order valence-corrected chi connectivity index (χ0v) is 20.1. The van der Waals surface area contributed by atoms with Crippen LogP contribution in [0.1, 0.15) is 16.8 Å². The maximum absolute atomic E-state index is 13.7. The van der Waals surface area contributed by atoms with Gasteiger partial charge in [0.15, 0.2) is 11.5 Å². The Kier molecular flexibility index (Phi) is 5.73. The molecule has 3 heterocycles. The lowest BCUT2D eigenvalue weighted by atomic mass is 10.2. The Balaban J connectivity index is 1.41. The summed E-state index contributed by atoms with van der Waals surface area (Å²) in [6.45, 7) is 2.30. The maximum atomic E-state index is 13.7. The first kappa shape index (κ1) is 22.4. The van der Waals surface area contributed by atoms with Crippen LogP contribution in [0.25, 0.3) is 27.9 Å². The minimum Gasteiger partial charge on any atom is -0.340 e. The highest BCUT2D eigenvalue weighted by Crippen LogP contribution is 2.32. The van der Waals surface area contributed by atoms with Crippen LogP contribution in [-0.4, -0.2) is 56.6 Å². The maximum Gasteiger partial charge on any atom is 0.254 e. The molecule has 1 aliphatic heterocycles. The van der Waals surface area contributed by atoms with Crippen molar-refractivity contribution in [3.63, 3.8) is 0 Å². The summed E-state index contributed by atoms with van der Waals surface area (Å²) in [5.41, 5.74) is 2.63. The fourth-order valence-corrected chi connectivity index (χ4v) is 4.94. The van der Waals surface area contributed by atoms with E-state index in [0.29, 0.717) is 54.2 Å². The van der Waals surface area contributed by atoms with Crippen molar-refractivity contribution in [2.45, 2.75) is 6.42 Å². The molecule has 1 aliphatic rings. The minimum absolute atomic E-state index is 0.172. The summed E-state index contributed by atoms with van der Waals surface area (Å²) in [7, 11) is 0. The zero-order chi connectivity index (χ0) is 24.6. The fraction of sp³-hybridized carbons (Fsp3) is 0.185. The fourth-order valence-electron chi connectivity index (χ4n) is 4.72. The highest BCUT2D eigenvalue weighted by molar-refractivity contribution is 6.33. The third kappa shape index (κ3) is 3.93. The number of carbonyl (C=O) groups excluding carboxylic acids is 1. The lowest BCUT2D eigenvalue weighted by Crippen LogP contribution is -2.36. The largest absolute Gasteiger partial charge is 0.340 e. The van der Waals surface area contributed by atoms with E-state index in [1.54, 1.807) is 17.0 Å². The molecular formula is C27H22ClFN6O. The Hall–Kier alpha value is -4.04. The molecule has 180 valence electrons. The molecule has 6 rings (SSSR count). The molecule has 1 fully saturated rings. The van der Waals surface area contributed by atoms with E-state index in [9.17, 15) is 9.18 Å². The van der Waals surface area contributed by atoms with Gasteiger partial charge in [-0.3, -0.25) is 4.79 Å². The van der Waals surface area contributed by atoms with Gasteiger partial charge in [-0.25, -0.2) is 13.8 Å². The summed E-state index contributed by atoms with van der Waals surface area (Å²) in [6.07, 6.45) is 0.737. The van der Waals surface area contributed by atoms with Crippen LogP contribution in [0.5, 0.6) is 0 Å². The minimum atomic E-state index is -0.417. The van der Waals surface area contributed by atoms with E-state index in [2.05, 4.69) is 15.1 Å². The number of rotatable bonds is 3. The number of para-hydroxylation sites is 1. The molecule has 0 N–H and O–H groups in total. The number of anilines is 1. The number of carbonyl (C=O) groups is 1. The molecule has 0 unspecified atom stereocenters. The highest BCUT2D eigenvalue weighted by atomic mass is 35.5. The average Bonchev–Trinajstić information content (AvgIpc) is 3.19. The first-order valence-corrected chi connectivity index (χ1v) is 12.2. The smallest absolute Gasteiger partial charge is 0.254 e. The average molecular weight is 501 g/mol. The zero-order valence-electron chi connectivity index (χ0n) is 19.3. The van der Waals surface area contributed by atoms with E-state index in [1.807, 2.05) is 52.9 Å². The number of nitrogens with zero attached hydrogens (tertiary/aromatic N) is 6. The van der Waals surface area contributed by atoms with Crippen molar-refractivity contribution in [2.24, 2.45) is 0 Å². The normalized spacial score (nSPS) is 14.4. The van der Waals surface area contributed by atoms with Crippen molar-refractivity contribution >= 4 is 40.0 Å². The summed E-state index contributed by atoms with van der Waals surface area (Å²) in [5.74, 6) is 0.721. The Bertz CT molecular complexity index is 1600. The molecule has 9 heteroatoms. The first-order chi connectivity index (χ1) is 17.6. The number of fused-ring (bicyclic) bond motifs is 3. The highest BCUT2D eigenvalue weighted by Gasteiger charge is 2.25. The summed E-state index contributed by atoms with van der Waals surface area (Å²) >= 11 is 6.54. The van der Waals surface area contributed by atoms with Gasteiger partial charge in [0.25, 0.3) is 5.91 Å². The molecule has 0 radical (unpaired) electrons. The molecule has 1 saturated heterocycles. The Morgan fingerprint density at radius 3 is 2.58 bits per heavy atom. The molecule has 0 aliphatic carbocycles.